The number of rotatable bonds is 1. The maximum absolute atomic E-state index is 13.9. The Morgan fingerprint density at radius 3 is 2.38 bits per heavy atom. The van der Waals surface area contributed by atoms with Gasteiger partial charge in [0, 0.05) is 5.56 Å². The summed E-state index contributed by atoms with van der Waals surface area (Å²) in [6.45, 7) is 0. The number of nitrogens with zero attached hydrogens (tertiary/aromatic N) is 2. The molecule has 0 N–H and O–H groups in total. The molecule has 2 nitrogen and oxygen atoms in total. The lowest BCUT2D eigenvalue weighted by atomic mass is 10.2. The molecule has 0 unspecified atom stereocenters. The number of aromatic nitrogens is 2. The summed E-state index contributed by atoms with van der Waals surface area (Å²) in [6, 6.07) is 6.71. The minimum Gasteiger partial charge on any atom is -0.225 e. The zero-order chi connectivity index (χ0) is 15.1. The first-order chi connectivity index (χ1) is 9.99. The smallest absolute Gasteiger partial charge is 0.163 e. The Morgan fingerprint density at radius 2 is 1.62 bits per heavy atom. The topological polar surface area (TPSA) is 25.8 Å². The fourth-order valence-electron chi connectivity index (χ4n) is 1.92. The van der Waals surface area contributed by atoms with Gasteiger partial charge in [-0.05, 0) is 24.3 Å². The average molecular weight is 346 g/mol. The monoisotopic (exact) mass is 344 g/mol. The normalized spacial score (nSPS) is 11.1. The molecule has 7 heteroatoms. The molecule has 0 fully saturated rings. The molecule has 0 bridgehead atoms. The van der Waals surface area contributed by atoms with Crippen LogP contribution >= 0.6 is 34.8 Å². The third-order valence-corrected chi connectivity index (χ3v) is 3.87. The average Bonchev–Trinajstić information content (AvgIpc) is 2.45. The van der Waals surface area contributed by atoms with Gasteiger partial charge < -0.3 is 0 Å². The quantitative estimate of drug-likeness (QED) is 0.542. The Labute approximate surface area is 133 Å². The Bertz CT molecular complexity index is 868. The van der Waals surface area contributed by atoms with E-state index >= 15 is 0 Å². The van der Waals surface area contributed by atoms with Crippen LogP contribution in [0.5, 0.6) is 0 Å². The van der Waals surface area contributed by atoms with Crippen LogP contribution < -0.4 is 0 Å². The molecular formula is C14H5Cl3F2N2. The minimum atomic E-state index is -0.624. The molecule has 2 aromatic carbocycles. The van der Waals surface area contributed by atoms with Gasteiger partial charge in [0.25, 0.3) is 0 Å². The summed E-state index contributed by atoms with van der Waals surface area (Å²) in [7, 11) is 0. The van der Waals surface area contributed by atoms with Crippen LogP contribution in [-0.2, 0) is 0 Å². The molecule has 0 spiro atoms. The summed E-state index contributed by atoms with van der Waals surface area (Å²) in [5.41, 5.74) is 0.178. The molecule has 0 radical (unpaired) electrons. The van der Waals surface area contributed by atoms with Crippen molar-refractivity contribution in [2.75, 3.05) is 0 Å². The van der Waals surface area contributed by atoms with Crippen molar-refractivity contribution in [1.29, 1.82) is 0 Å². The molecule has 106 valence electrons. The van der Waals surface area contributed by atoms with Gasteiger partial charge in [-0.15, -0.1) is 0 Å². The molecule has 1 heterocycles. The number of fused-ring (bicyclic) bond motifs is 1. The highest BCUT2D eigenvalue weighted by molar-refractivity contribution is 6.41. The molecule has 3 rings (SSSR count). The van der Waals surface area contributed by atoms with E-state index in [-0.39, 0.29) is 37.5 Å². The van der Waals surface area contributed by atoms with Crippen LogP contribution in [0.1, 0.15) is 0 Å². The van der Waals surface area contributed by atoms with Crippen LogP contribution in [0.25, 0.3) is 22.3 Å². The molecular weight excluding hydrogens is 341 g/mol. The van der Waals surface area contributed by atoms with Gasteiger partial charge in [-0.1, -0.05) is 40.9 Å². The fourth-order valence-corrected chi connectivity index (χ4v) is 2.70. The maximum Gasteiger partial charge on any atom is 0.163 e. The lowest BCUT2D eigenvalue weighted by Crippen LogP contribution is -1.96. The van der Waals surface area contributed by atoms with Crippen LogP contribution in [0.4, 0.5) is 8.78 Å². The summed E-state index contributed by atoms with van der Waals surface area (Å²) in [5, 5.41) is 0.248. The van der Waals surface area contributed by atoms with E-state index in [1.165, 1.54) is 30.3 Å². The Morgan fingerprint density at radius 1 is 0.857 bits per heavy atom. The van der Waals surface area contributed by atoms with Crippen molar-refractivity contribution in [3.63, 3.8) is 0 Å². The van der Waals surface area contributed by atoms with E-state index < -0.39 is 11.6 Å². The molecule has 0 aliphatic heterocycles. The van der Waals surface area contributed by atoms with Gasteiger partial charge in [0.15, 0.2) is 5.82 Å². The molecule has 0 atom stereocenters. The summed E-state index contributed by atoms with van der Waals surface area (Å²) in [4.78, 5) is 8.09. The first-order valence-corrected chi connectivity index (χ1v) is 6.88. The van der Waals surface area contributed by atoms with Gasteiger partial charge in [-0.2, -0.15) is 0 Å². The standard InChI is InChI=1S/C14H5Cl3F2N2/c15-7-4-5-9(19)12-10(7)13(17)21-14(20-12)6-2-1-3-8(18)11(6)16/h1-5H. The zero-order valence-corrected chi connectivity index (χ0v) is 12.4. The van der Waals surface area contributed by atoms with Crippen LogP contribution in [0.2, 0.25) is 15.2 Å². The highest BCUT2D eigenvalue weighted by atomic mass is 35.5. The largest absolute Gasteiger partial charge is 0.225 e. The summed E-state index contributed by atoms with van der Waals surface area (Å²) in [6.07, 6.45) is 0. The van der Waals surface area contributed by atoms with Gasteiger partial charge in [0.2, 0.25) is 0 Å². The fraction of sp³-hybridized carbons (Fsp3) is 0. The van der Waals surface area contributed by atoms with E-state index in [1.807, 2.05) is 0 Å². The predicted octanol–water partition coefficient (Wildman–Crippen LogP) is 5.54. The SMILES string of the molecule is Fc1cccc(-c2nc(Cl)c3c(Cl)ccc(F)c3n2)c1Cl. The zero-order valence-electron chi connectivity index (χ0n) is 10.2. The first kappa shape index (κ1) is 14.4. The molecule has 0 saturated heterocycles. The Kier molecular flexibility index (Phi) is 3.69. The van der Waals surface area contributed by atoms with Gasteiger partial charge in [-0.25, -0.2) is 18.7 Å². The molecule has 3 aromatic rings. The van der Waals surface area contributed by atoms with Crippen LogP contribution in [0, 0.1) is 11.6 Å². The van der Waals surface area contributed by atoms with E-state index in [9.17, 15) is 8.78 Å². The molecule has 0 saturated carbocycles. The molecule has 1 aromatic heterocycles. The van der Waals surface area contributed by atoms with Crippen molar-refractivity contribution >= 4 is 45.7 Å². The van der Waals surface area contributed by atoms with Crippen molar-refractivity contribution in [3.05, 3.63) is 57.2 Å². The van der Waals surface area contributed by atoms with Crippen molar-refractivity contribution in [2.24, 2.45) is 0 Å². The van der Waals surface area contributed by atoms with Gasteiger partial charge in [-0.3, -0.25) is 0 Å². The Hall–Kier alpha value is -1.49. The van der Waals surface area contributed by atoms with E-state index in [4.69, 9.17) is 34.8 Å². The summed E-state index contributed by atoms with van der Waals surface area (Å²) in [5.74, 6) is -1.20. The highest BCUT2D eigenvalue weighted by Crippen LogP contribution is 2.34. The van der Waals surface area contributed by atoms with E-state index in [0.717, 1.165) is 0 Å². The summed E-state index contributed by atoms with van der Waals surface area (Å²) < 4.78 is 27.4. The second-order valence-electron chi connectivity index (χ2n) is 4.19. The second kappa shape index (κ2) is 5.37. The predicted molar refractivity (Wildman–Crippen MR) is 79.9 cm³/mol. The van der Waals surface area contributed by atoms with E-state index in [1.54, 1.807) is 0 Å². The van der Waals surface area contributed by atoms with Gasteiger partial charge >= 0.3 is 0 Å². The number of hydrogen-bond donors (Lipinski definition) is 0. The van der Waals surface area contributed by atoms with Crippen LogP contribution in [-0.4, -0.2) is 9.97 Å². The van der Waals surface area contributed by atoms with Crippen molar-refractivity contribution < 1.29 is 8.78 Å². The number of benzene rings is 2. The molecule has 0 amide bonds. The van der Waals surface area contributed by atoms with Gasteiger partial charge in [0.05, 0.1) is 15.4 Å². The van der Waals surface area contributed by atoms with Crippen molar-refractivity contribution in [2.45, 2.75) is 0 Å². The molecule has 0 aliphatic carbocycles. The lowest BCUT2D eigenvalue weighted by molar-refractivity contribution is 0.628. The van der Waals surface area contributed by atoms with Crippen molar-refractivity contribution in [3.8, 4) is 11.4 Å². The van der Waals surface area contributed by atoms with Gasteiger partial charge in [0.1, 0.15) is 22.3 Å². The van der Waals surface area contributed by atoms with E-state index in [2.05, 4.69) is 9.97 Å². The number of halogens is 5. The third-order valence-electron chi connectivity index (χ3n) is 2.90. The molecule has 0 aliphatic rings. The number of hydrogen-bond acceptors (Lipinski definition) is 2. The van der Waals surface area contributed by atoms with E-state index in [0.29, 0.717) is 0 Å². The highest BCUT2D eigenvalue weighted by Gasteiger charge is 2.16. The first-order valence-electron chi connectivity index (χ1n) is 5.74. The third kappa shape index (κ3) is 2.44. The minimum absolute atomic E-state index is 0.0261. The van der Waals surface area contributed by atoms with Crippen LogP contribution in [0.15, 0.2) is 30.3 Å². The second-order valence-corrected chi connectivity index (χ2v) is 5.34. The maximum atomic E-state index is 13.9. The van der Waals surface area contributed by atoms with Crippen molar-refractivity contribution in [1.82, 2.24) is 9.97 Å². The summed E-state index contributed by atoms with van der Waals surface area (Å²) >= 11 is 17.9. The lowest BCUT2D eigenvalue weighted by Gasteiger charge is -2.08. The molecule has 21 heavy (non-hydrogen) atoms. The Balaban J connectivity index is 2.36. The van der Waals surface area contributed by atoms with Crippen LogP contribution in [0.3, 0.4) is 0 Å².